The fourth-order valence-corrected chi connectivity index (χ4v) is 2.93. The Morgan fingerprint density at radius 2 is 2.19 bits per heavy atom. The van der Waals surface area contributed by atoms with Gasteiger partial charge in [0.25, 0.3) is 10.0 Å². The van der Waals surface area contributed by atoms with E-state index in [0.29, 0.717) is 18.8 Å². The molecule has 2 heterocycles. The zero-order valence-electron chi connectivity index (χ0n) is 12.7. The second kappa shape index (κ2) is 6.89. The fourth-order valence-electron chi connectivity index (χ4n) is 2.12. The Balaban J connectivity index is 1.83. The first-order valence-electron chi connectivity index (χ1n) is 6.91. The largest absolute Gasteiger partial charge is 0.447 e. The molecule has 2 rings (SSSR count). The lowest BCUT2D eigenvalue weighted by molar-refractivity contribution is -0.0183. The van der Waals surface area contributed by atoms with Crippen molar-refractivity contribution in [3.63, 3.8) is 0 Å². The molecule has 21 heavy (non-hydrogen) atoms. The van der Waals surface area contributed by atoms with Gasteiger partial charge in [-0.05, 0) is 19.2 Å². The van der Waals surface area contributed by atoms with E-state index in [4.69, 9.17) is 9.15 Å². The maximum Gasteiger partial charge on any atom is 0.275 e. The molecule has 0 saturated carbocycles. The van der Waals surface area contributed by atoms with Gasteiger partial charge in [-0.3, -0.25) is 0 Å². The predicted octanol–water partition coefficient (Wildman–Crippen LogP) is -0.0499. The molecule has 7 nitrogen and oxygen atoms in total. The van der Waals surface area contributed by atoms with Gasteiger partial charge in [-0.1, -0.05) is 0 Å². The average molecular weight is 317 g/mol. The van der Waals surface area contributed by atoms with Crippen LogP contribution in [0.2, 0.25) is 0 Å². The van der Waals surface area contributed by atoms with Gasteiger partial charge >= 0.3 is 0 Å². The van der Waals surface area contributed by atoms with Crippen LogP contribution in [0.5, 0.6) is 0 Å². The molecule has 1 aromatic rings. The normalized spacial score (nSPS) is 21.0. The van der Waals surface area contributed by atoms with Crippen molar-refractivity contribution in [1.29, 1.82) is 0 Å². The molecule has 1 saturated heterocycles. The molecule has 0 radical (unpaired) electrons. The highest BCUT2D eigenvalue weighted by atomic mass is 32.2. The van der Waals surface area contributed by atoms with Crippen LogP contribution in [0.3, 0.4) is 0 Å². The minimum Gasteiger partial charge on any atom is -0.447 e. The lowest BCUT2D eigenvalue weighted by atomic mass is 10.3. The molecular weight excluding hydrogens is 294 g/mol. The molecule has 0 spiro atoms. The quantitative estimate of drug-likeness (QED) is 0.793. The molecule has 0 amide bonds. The van der Waals surface area contributed by atoms with Crippen LogP contribution in [0, 0.1) is 0 Å². The Morgan fingerprint density at radius 1 is 1.43 bits per heavy atom. The van der Waals surface area contributed by atoms with Gasteiger partial charge in [0.05, 0.1) is 19.3 Å². The summed E-state index contributed by atoms with van der Waals surface area (Å²) in [5.74, 6) is 0.597. The maximum absolute atomic E-state index is 11.9. The number of rotatable bonds is 6. The van der Waals surface area contributed by atoms with Gasteiger partial charge in [-0.2, -0.15) is 0 Å². The monoisotopic (exact) mass is 317 g/mol. The van der Waals surface area contributed by atoms with Gasteiger partial charge < -0.3 is 19.4 Å². The Hall–Kier alpha value is -0.930. The van der Waals surface area contributed by atoms with Crippen LogP contribution in [0.15, 0.2) is 21.6 Å². The number of sulfonamides is 1. The number of likely N-dealkylation sites (N-methyl/N-ethyl adjacent to an activating group) is 1. The first kappa shape index (κ1) is 16.4. The van der Waals surface area contributed by atoms with E-state index in [2.05, 4.69) is 17.3 Å². The van der Waals surface area contributed by atoms with Crippen LogP contribution >= 0.6 is 0 Å². The summed E-state index contributed by atoms with van der Waals surface area (Å²) in [5, 5.41) is 3.20. The fraction of sp³-hybridized carbons (Fsp3) is 0.692. The van der Waals surface area contributed by atoms with Crippen molar-refractivity contribution in [2.75, 3.05) is 47.4 Å². The molecule has 1 N–H and O–H groups in total. The van der Waals surface area contributed by atoms with Crippen LogP contribution in [-0.2, 0) is 21.3 Å². The second-order valence-corrected chi connectivity index (χ2v) is 7.48. The van der Waals surface area contributed by atoms with Crippen LogP contribution in [0.4, 0.5) is 0 Å². The van der Waals surface area contributed by atoms with E-state index in [1.54, 1.807) is 6.07 Å². The van der Waals surface area contributed by atoms with Crippen LogP contribution in [0.1, 0.15) is 5.76 Å². The molecule has 0 bridgehead atoms. The first-order chi connectivity index (χ1) is 9.89. The number of nitrogens with zero attached hydrogens (tertiary/aromatic N) is 2. The Kier molecular flexibility index (Phi) is 5.39. The third-order valence-electron chi connectivity index (χ3n) is 3.39. The molecule has 1 unspecified atom stereocenters. The Morgan fingerprint density at radius 3 is 2.86 bits per heavy atom. The topological polar surface area (TPSA) is 75.0 Å². The van der Waals surface area contributed by atoms with Crippen molar-refractivity contribution in [2.45, 2.75) is 17.7 Å². The third kappa shape index (κ3) is 4.27. The van der Waals surface area contributed by atoms with Gasteiger partial charge in [0, 0.05) is 33.7 Å². The second-order valence-electron chi connectivity index (χ2n) is 5.39. The van der Waals surface area contributed by atoms with Crippen molar-refractivity contribution < 1.29 is 17.6 Å². The molecule has 1 fully saturated rings. The molecule has 1 aliphatic rings. The molecular formula is C13H23N3O4S. The van der Waals surface area contributed by atoms with Crippen LogP contribution < -0.4 is 5.32 Å². The summed E-state index contributed by atoms with van der Waals surface area (Å²) in [6, 6.07) is 3.16. The van der Waals surface area contributed by atoms with E-state index < -0.39 is 10.0 Å². The molecule has 1 aliphatic heterocycles. The predicted molar refractivity (Wildman–Crippen MR) is 78.5 cm³/mol. The molecule has 1 aromatic heterocycles. The summed E-state index contributed by atoms with van der Waals surface area (Å²) in [4.78, 5) is 2.23. The first-order valence-corrected chi connectivity index (χ1v) is 8.35. The van der Waals surface area contributed by atoms with Crippen molar-refractivity contribution in [3.8, 4) is 0 Å². The number of nitrogens with one attached hydrogen (secondary N) is 1. The smallest absolute Gasteiger partial charge is 0.275 e. The number of ether oxygens (including phenoxy) is 1. The van der Waals surface area contributed by atoms with E-state index in [1.165, 1.54) is 20.2 Å². The zero-order chi connectivity index (χ0) is 15.5. The highest BCUT2D eigenvalue weighted by Crippen LogP contribution is 2.16. The van der Waals surface area contributed by atoms with Gasteiger partial charge in [0.15, 0.2) is 0 Å². The molecule has 120 valence electrons. The van der Waals surface area contributed by atoms with E-state index in [9.17, 15) is 8.42 Å². The standard InChI is InChI=1S/C13H23N3O4S/c1-15(2)21(17,18)13-5-4-11(20-13)8-14-9-12-10-16(3)6-7-19-12/h4-5,12,14H,6-10H2,1-3H3. The van der Waals surface area contributed by atoms with Crippen molar-refractivity contribution in [1.82, 2.24) is 14.5 Å². The summed E-state index contributed by atoms with van der Waals surface area (Å²) >= 11 is 0. The summed E-state index contributed by atoms with van der Waals surface area (Å²) in [6.07, 6.45) is 0.156. The molecule has 0 aliphatic carbocycles. The third-order valence-corrected chi connectivity index (χ3v) is 5.07. The average Bonchev–Trinajstić information content (AvgIpc) is 2.88. The Labute approximate surface area is 125 Å². The van der Waals surface area contributed by atoms with Crippen LogP contribution in [0.25, 0.3) is 0 Å². The molecule has 1 atom stereocenters. The number of hydrogen-bond acceptors (Lipinski definition) is 6. The van der Waals surface area contributed by atoms with Gasteiger partial charge in [0.2, 0.25) is 5.09 Å². The summed E-state index contributed by atoms with van der Waals surface area (Å²) < 4.78 is 35.9. The maximum atomic E-state index is 11.9. The summed E-state index contributed by atoms with van der Waals surface area (Å²) in [6.45, 7) is 3.79. The summed E-state index contributed by atoms with van der Waals surface area (Å²) in [7, 11) is 1.53. The number of hydrogen-bond donors (Lipinski definition) is 1. The highest BCUT2D eigenvalue weighted by molar-refractivity contribution is 7.88. The SMILES string of the molecule is CN1CCOC(CNCc2ccc(S(=O)(=O)N(C)C)o2)C1. The minimum atomic E-state index is -3.50. The van der Waals surface area contributed by atoms with Gasteiger partial charge in [0.1, 0.15) is 5.76 Å². The van der Waals surface area contributed by atoms with E-state index >= 15 is 0 Å². The highest BCUT2D eigenvalue weighted by Gasteiger charge is 2.21. The summed E-state index contributed by atoms with van der Waals surface area (Å²) in [5.41, 5.74) is 0. The van der Waals surface area contributed by atoms with Gasteiger partial charge in [-0.25, -0.2) is 12.7 Å². The van der Waals surface area contributed by atoms with Crippen molar-refractivity contribution in [2.24, 2.45) is 0 Å². The van der Waals surface area contributed by atoms with Gasteiger partial charge in [-0.15, -0.1) is 0 Å². The van der Waals surface area contributed by atoms with E-state index in [1.807, 2.05) is 0 Å². The van der Waals surface area contributed by atoms with Crippen molar-refractivity contribution >= 4 is 10.0 Å². The van der Waals surface area contributed by atoms with Crippen molar-refractivity contribution in [3.05, 3.63) is 17.9 Å². The molecule has 8 heteroatoms. The lowest BCUT2D eigenvalue weighted by Gasteiger charge is -2.30. The van der Waals surface area contributed by atoms with E-state index in [0.717, 1.165) is 24.0 Å². The number of morpholine rings is 1. The molecule has 0 aromatic carbocycles. The number of furan rings is 1. The minimum absolute atomic E-state index is 0.0297. The lowest BCUT2D eigenvalue weighted by Crippen LogP contribution is -2.44. The zero-order valence-corrected chi connectivity index (χ0v) is 13.5. The van der Waals surface area contributed by atoms with Crippen LogP contribution in [-0.4, -0.2) is 71.1 Å². The Bertz CT molecular complexity index is 556. The van der Waals surface area contributed by atoms with E-state index in [-0.39, 0.29) is 11.2 Å².